The molecule has 3 rings (SSSR count). The van der Waals surface area contributed by atoms with Gasteiger partial charge in [-0.3, -0.25) is 4.79 Å². The molecule has 140 valence electrons. The molecule has 1 atom stereocenters. The molecule has 0 aliphatic carbocycles. The summed E-state index contributed by atoms with van der Waals surface area (Å²) in [7, 11) is 1.80. The summed E-state index contributed by atoms with van der Waals surface area (Å²) in [4.78, 5) is 14.5. The Labute approximate surface area is 164 Å². The number of nitrogens with zero attached hydrogens (tertiary/aromatic N) is 4. The van der Waals surface area contributed by atoms with Crippen LogP contribution in [0.5, 0.6) is 0 Å². The third-order valence-electron chi connectivity index (χ3n) is 4.41. The molecule has 6 heteroatoms. The van der Waals surface area contributed by atoms with E-state index in [1.807, 2.05) is 49.4 Å². The van der Waals surface area contributed by atoms with Gasteiger partial charge in [0.05, 0.1) is 5.25 Å². The fraction of sp³-hybridized carbons (Fsp3) is 0.286. The highest BCUT2D eigenvalue weighted by atomic mass is 32.2. The zero-order chi connectivity index (χ0) is 19.4. The van der Waals surface area contributed by atoms with E-state index in [4.69, 9.17) is 0 Å². The fourth-order valence-corrected chi connectivity index (χ4v) is 3.92. The average Bonchev–Trinajstić information content (AvgIpc) is 3.10. The highest BCUT2D eigenvalue weighted by Gasteiger charge is 2.23. The molecule has 0 bridgehead atoms. The minimum atomic E-state index is -0.268. The molecule has 3 aromatic rings. The van der Waals surface area contributed by atoms with Crippen molar-refractivity contribution in [1.29, 1.82) is 0 Å². The molecular formula is C21H24N4OS. The van der Waals surface area contributed by atoms with Crippen LogP contribution < -0.4 is 4.90 Å². The van der Waals surface area contributed by atoms with E-state index in [1.165, 1.54) is 17.3 Å². The van der Waals surface area contributed by atoms with Crippen LogP contribution >= 0.6 is 11.8 Å². The Hall–Kier alpha value is -2.60. The number of anilines is 1. The van der Waals surface area contributed by atoms with Gasteiger partial charge >= 0.3 is 0 Å². The van der Waals surface area contributed by atoms with Crippen LogP contribution in [0, 0.1) is 6.92 Å². The second-order valence-electron chi connectivity index (χ2n) is 6.41. The molecule has 0 aliphatic rings. The van der Waals surface area contributed by atoms with E-state index < -0.39 is 0 Å². The number of aryl methyl sites for hydroxylation is 1. The summed E-state index contributed by atoms with van der Waals surface area (Å²) in [5, 5.41) is 9.23. The maximum Gasteiger partial charge on any atom is 0.240 e. The van der Waals surface area contributed by atoms with Crippen LogP contribution in [-0.2, 0) is 11.3 Å². The molecule has 2 aromatic carbocycles. The van der Waals surface area contributed by atoms with Gasteiger partial charge in [0, 0.05) is 24.8 Å². The molecular weight excluding hydrogens is 356 g/mol. The van der Waals surface area contributed by atoms with Crippen LogP contribution in [0.3, 0.4) is 0 Å². The number of para-hydroxylation sites is 1. The van der Waals surface area contributed by atoms with Crippen LogP contribution in [0.4, 0.5) is 5.69 Å². The monoisotopic (exact) mass is 380 g/mol. The molecule has 0 N–H and O–H groups in total. The largest absolute Gasteiger partial charge is 0.315 e. The van der Waals surface area contributed by atoms with E-state index >= 15 is 0 Å². The van der Waals surface area contributed by atoms with E-state index in [2.05, 4.69) is 40.7 Å². The summed E-state index contributed by atoms with van der Waals surface area (Å²) in [6, 6.07) is 17.9. The lowest BCUT2D eigenvalue weighted by atomic mass is 10.1. The summed E-state index contributed by atoms with van der Waals surface area (Å²) in [6.07, 6.45) is 0. The molecule has 0 saturated heterocycles. The molecule has 0 fully saturated rings. The Kier molecular flexibility index (Phi) is 5.96. The first kappa shape index (κ1) is 19.2. The van der Waals surface area contributed by atoms with Crippen LogP contribution in [0.1, 0.15) is 19.4 Å². The fourth-order valence-electron chi connectivity index (χ4n) is 2.92. The Morgan fingerprint density at radius 1 is 1.15 bits per heavy atom. The number of carbonyl (C=O) groups is 1. The van der Waals surface area contributed by atoms with Gasteiger partial charge in [0.25, 0.3) is 0 Å². The van der Waals surface area contributed by atoms with Gasteiger partial charge in [-0.15, -0.1) is 10.2 Å². The highest BCUT2D eigenvalue weighted by Crippen LogP contribution is 2.28. The summed E-state index contributed by atoms with van der Waals surface area (Å²) in [5.74, 6) is 0.869. The number of hydrogen-bond acceptors (Lipinski definition) is 4. The number of hydrogen-bond donors (Lipinski definition) is 0. The average molecular weight is 381 g/mol. The molecule has 1 aromatic heterocycles. The molecule has 1 heterocycles. The number of carbonyl (C=O) groups excluding carboxylic acids is 1. The zero-order valence-electron chi connectivity index (χ0n) is 16.1. The second kappa shape index (κ2) is 8.39. The lowest BCUT2D eigenvalue weighted by Crippen LogP contribution is -2.33. The number of benzene rings is 2. The van der Waals surface area contributed by atoms with Crippen LogP contribution in [0.15, 0.2) is 59.8 Å². The van der Waals surface area contributed by atoms with Crippen molar-refractivity contribution < 1.29 is 4.79 Å². The Bertz CT molecular complexity index is 923. The Morgan fingerprint density at radius 3 is 2.56 bits per heavy atom. The standard InChI is InChI=1S/C21H24N4OS/c1-5-25-19(17-11-9-10-15(2)14-17)22-23-21(25)27-16(3)20(26)24(4)18-12-7-6-8-13-18/h6-14,16H,5H2,1-4H3. The number of rotatable bonds is 6. The first-order chi connectivity index (χ1) is 13.0. The summed E-state index contributed by atoms with van der Waals surface area (Å²) >= 11 is 1.44. The van der Waals surface area contributed by atoms with Gasteiger partial charge in [0.15, 0.2) is 11.0 Å². The second-order valence-corrected chi connectivity index (χ2v) is 7.72. The van der Waals surface area contributed by atoms with Gasteiger partial charge < -0.3 is 9.47 Å². The maximum absolute atomic E-state index is 12.8. The van der Waals surface area contributed by atoms with Gasteiger partial charge in [-0.05, 0) is 39.0 Å². The third-order valence-corrected chi connectivity index (χ3v) is 5.48. The van der Waals surface area contributed by atoms with E-state index in [1.54, 1.807) is 11.9 Å². The van der Waals surface area contributed by atoms with E-state index in [9.17, 15) is 4.79 Å². The van der Waals surface area contributed by atoms with Crippen molar-refractivity contribution >= 4 is 23.4 Å². The zero-order valence-corrected chi connectivity index (χ0v) is 16.9. The van der Waals surface area contributed by atoms with Gasteiger partial charge in [0.1, 0.15) is 0 Å². The minimum Gasteiger partial charge on any atom is -0.315 e. The quantitative estimate of drug-likeness (QED) is 0.594. The van der Waals surface area contributed by atoms with Crippen molar-refractivity contribution in [1.82, 2.24) is 14.8 Å². The van der Waals surface area contributed by atoms with Crippen molar-refractivity contribution in [2.45, 2.75) is 37.7 Å². The van der Waals surface area contributed by atoms with Crippen molar-refractivity contribution in [2.24, 2.45) is 0 Å². The lowest BCUT2D eigenvalue weighted by molar-refractivity contribution is -0.117. The van der Waals surface area contributed by atoms with E-state index in [-0.39, 0.29) is 11.2 Å². The molecule has 1 unspecified atom stereocenters. The van der Waals surface area contributed by atoms with E-state index in [0.29, 0.717) is 0 Å². The van der Waals surface area contributed by atoms with Gasteiger partial charge in [-0.2, -0.15) is 0 Å². The first-order valence-corrected chi connectivity index (χ1v) is 9.88. The predicted octanol–water partition coefficient (Wildman–Crippen LogP) is 4.42. The normalized spacial score (nSPS) is 12.0. The SMILES string of the molecule is CCn1c(SC(C)C(=O)N(C)c2ccccc2)nnc1-c1cccc(C)c1. The maximum atomic E-state index is 12.8. The van der Waals surface area contributed by atoms with Crippen LogP contribution in [0.2, 0.25) is 0 Å². The molecule has 5 nitrogen and oxygen atoms in total. The molecule has 1 amide bonds. The van der Waals surface area contributed by atoms with Crippen molar-refractivity contribution in [3.05, 3.63) is 60.2 Å². The molecule has 0 radical (unpaired) electrons. The van der Waals surface area contributed by atoms with Crippen molar-refractivity contribution in [2.75, 3.05) is 11.9 Å². The van der Waals surface area contributed by atoms with Gasteiger partial charge in [0.2, 0.25) is 5.91 Å². The topological polar surface area (TPSA) is 51.0 Å². The minimum absolute atomic E-state index is 0.0361. The molecule has 0 spiro atoms. The van der Waals surface area contributed by atoms with Crippen LogP contribution in [-0.4, -0.2) is 33.0 Å². The van der Waals surface area contributed by atoms with Gasteiger partial charge in [-0.1, -0.05) is 53.7 Å². The Balaban J connectivity index is 1.80. The Morgan fingerprint density at radius 2 is 1.89 bits per heavy atom. The van der Waals surface area contributed by atoms with E-state index in [0.717, 1.165) is 28.8 Å². The summed E-state index contributed by atoms with van der Waals surface area (Å²) < 4.78 is 2.06. The predicted molar refractivity (Wildman–Crippen MR) is 111 cm³/mol. The van der Waals surface area contributed by atoms with Crippen LogP contribution in [0.25, 0.3) is 11.4 Å². The van der Waals surface area contributed by atoms with Crippen molar-refractivity contribution in [3.63, 3.8) is 0 Å². The number of aromatic nitrogens is 3. The molecule has 0 aliphatic heterocycles. The smallest absolute Gasteiger partial charge is 0.240 e. The summed E-state index contributed by atoms with van der Waals surface area (Å²) in [5.41, 5.74) is 3.10. The lowest BCUT2D eigenvalue weighted by Gasteiger charge is -2.21. The molecule has 0 saturated carbocycles. The number of thioether (sulfide) groups is 1. The van der Waals surface area contributed by atoms with Crippen molar-refractivity contribution in [3.8, 4) is 11.4 Å². The summed E-state index contributed by atoms with van der Waals surface area (Å²) in [6.45, 7) is 6.78. The number of amides is 1. The van der Waals surface area contributed by atoms with Gasteiger partial charge in [-0.25, -0.2) is 0 Å². The molecule has 27 heavy (non-hydrogen) atoms. The third kappa shape index (κ3) is 4.22. The first-order valence-electron chi connectivity index (χ1n) is 9.00. The highest BCUT2D eigenvalue weighted by molar-refractivity contribution is 8.00.